The third kappa shape index (κ3) is 7.72. The molecule has 2 aromatic rings. The molecule has 32 heavy (non-hydrogen) atoms. The highest BCUT2D eigenvalue weighted by atomic mass is 16.4. The second-order valence-electron chi connectivity index (χ2n) is 8.07. The van der Waals surface area contributed by atoms with Crippen molar-refractivity contribution in [2.75, 3.05) is 0 Å². The van der Waals surface area contributed by atoms with E-state index >= 15 is 0 Å². The van der Waals surface area contributed by atoms with Gasteiger partial charge in [0.15, 0.2) is 12.2 Å². The highest BCUT2D eigenvalue weighted by Crippen LogP contribution is 2.09. The molecule has 6 atom stereocenters. The summed E-state index contributed by atoms with van der Waals surface area (Å²) in [6.45, 7) is 3.47. The van der Waals surface area contributed by atoms with Gasteiger partial charge in [-0.05, 0) is 37.8 Å². The van der Waals surface area contributed by atoms with Crippen LogP contribution in [0, 0.1) is 0 Å². The minimum atomic E-state index is -2.05. The lowest BCUT2D eigenvalue weighted by molar-refractivity contribution is -0.156. The second kappa shape index (κ2) is 12.3. The molecule has 8 nitrogen and oxygen atoms in total. The number of carbonyl (C=O) groups is 2. The molecule has 0 radical (unpaired) electrons. The van der Waals surface area contributed by atoms with Crippen LogP contribution in [0.4, 0.5) is 0 Å². The topological polar surface area (TPSA) is 139 Å². The lowest BCUT2D eigenvalue weighted by Crippen LogP contribution is -2.56. The minimum Gasteiger partial charge on any atom is -0.387 e. The number of amides is 2. The number of rotatable bonds is 11. The van der Waals surface area contributed by atoms with Crippen molar-refractivity contribution < 1.29 is 30.0 Å². The molecule has 0 heterocycles. The zero-order valence-corrected chi connectivity index (χ0v) is 18.3. The van der Waals surface area contributed by atoms with Crippen LogP contribution in [0.25, 0.3) is 0 Å². The molecule has 174 valence electrons. The molecule has 8 heteroatoms. The van der Waals surface area contributed by atoms with E-state index in [2.05, 4.69) is 10.6 Å². The van der Waals surface area contributed by atoms with Crippen molar-refractivity contribution in [1.29, 1.82) is 0 Å². The largest absolute Gasteiger partial charge is 0.387 e. The van der Waals surface area contributed by atoms with E-state index in [1.165, 1.54) is 0 Å². The van der Waals surface area contributed by atoms with Crippen molar-refractivity contribution in [3.63, 3.8) is 0 Å². The number of carbonyl (C=O) groups excluding carboxylic acids is 2. The highest BCUT2D eigenvalue weighted by Gasteiger charge is 2.37. The lowest BCUT2D eigenvalue weighted by atomic mass is 10.0. The monoisotopic (exact) mass is 444 g/mol. The van der Waals surface area contributed by atoms with E-state index in [0.717, 1.165) is 11.1 Å². The Morgan fingerprint density at radius 1 is 0.656 bits per heavy atom. The van der Waals surface area contributed by atoms with Crippen LogP contribution in [0.5, 0.6) is 0 Å². The summed E-state index contributed by atoms with van der Waals surface area (Å²) in [7, 11) is 0. The zero-order valence-electron chi connectivity index (χ0n) is 18.3. The third-order valence-electron chi connectivity index (χ3n) is 5.08. The smallest absolute Gasteiger partial charge is 0.251 e. The van der Waals surface area contributed by atoms with Gasteiger partial charge in [0.1, 0.15) is 12.2 Å². The molecule has 0 aliphatic heterocycles. The van der Waals surface area contributed by atoms with Crippen LogP contribution in [0.3, 0.4) is 0 Å². The van der Waals surface area contributed by atoms with Gasteiger partial charge in [0.05, 0.1) is 0 Å². The van der Waals surface area contributed by atoms with Gasteiger partial charge in [-0.15, -0.1) is 0 Å². The van der Waals surface area contributed by atoms with Crippen molar-refractivity contribution in [2.24, 2.45) is 0 Å². The van der Waals surface area contributed by atoms with E-state index in [-0.39, 0.29) is 12.1 Å². The molecular weight excluding hydrogens is 412 g/mol. The molecule has 2 unspecified atom stereocenters. The first-order chi connectivity index (χ1) is 15.2. The Balaban J connectivity index is 1.84. The van der Waals surface area contributed by atoms with Crippen LogP contribution in [-0.2, 0) is 22.4 Å². The lowest BCUT2D eigenvalue weighted by Gasteiger charge is -2.27. The molecule has 2 aromatic carbocycles. The summed E-state index contributed by atoms with van der Waals surface area (Å²) < 4.78 is 0. The van der Waals surface area contributed by atoms with Crippen molar-refractivity contribution in [1.82, 2.24) is 10.6 Å². The standard InChI is InChI=1S/C24H32N2O6/c1-15(13-17-9-5-3-6-10-17)25-23(31)21(29)19(27)20(28)22(30)24(32)26-16(2)14-18-11-7-4-8-12-18/h3-12,15-16,19-22,27-30H,13-14H2,1-2H3,(H,25,31)(H,26,32)/t15?,16?,19-,20+,21+,22-. The Hall–Kier alpha value is -2.78. The number of nitrogens with one attached hydrogen (secondary N) is 2. The number of aliphatic hydroxyl groups excluding tert-OH is 4. The molecule has 2 rings (SSSR count). The number of benzene rings is 2. The van der Waals surface area contributed by atoms with E-state index in [9.17, 15) is 30.0 Å². The SMILES string of the molecule is CC(Cc1ccccc1)NC(=O)[C@@H](O)[C@H](O)[C@H](O)[C@@H](O)C(=O)NC(C)Cc1ccccc1. The molecule has 0 saturated heterocycles. The summed E-state index contributed by atoms with van der Waals surface area (Å²) in [6.07, 6.45) is -7.14. The Labute approximate surface area is 187 Å². The first-order valence-corrected chi connectivity index (χ1v) is 10.6. The van der Waals surface area contributed by atoms with E-state index in [4.69, 9.17) is 0 Å². The molecule has 0 aliphatic rings. The van der Waals surface area contributed by atoms with E-state index in [1.54, 1.807) is 13.8 Å². The maximum atomic E-state index is 12.2. The summed E-state index contributed by atoms with van der Waals surface area (Å²) in [6, 6.07) is 18.1. The van der Waals surface area contributed by atoms with Crippen molar-refractivity contribution in [2.45, 2.75) is 63.2 Å². The highest BCUT2D eigenvalue weighted by molar-refractivity contribution is 5.83. The average molecular weight is 445 g/mol. The van der Waals surface area contributed by atoms with Crippen molar-refractivity contribution >= 4 is 11.8 Å². The van der Waals surface area contributed by atoms with Gasteiger partial charge < -0.3 is 31.1 Å². The van der Waals surface area contributed by atoms with Crippen molar-refractivity contribution in [3.05, 3.63) is 71.8 Å². The van der Waals surface area contributed by atoms with Gasteiger partial charge in [-0.1, -0.05) is 60.7 Å². The predicted molar refractivity (Wildman–Crippen MR) is 120 cm³/mol. The van der Waals surface area contributed by atoms with E-state index in [1.807, 2.05) is 60.7 Å². The molecule has 0 aromatic heterocycles. The van der Waals surface area contributed by atoms with Gasteiger partial charge >= 0.3 is 0 Å². The Kier molecular flexibility index (Phi) is 9.80. The molecule has 6 N–H and O–H groups in total. The van der Waals surface area contributed by atoms with Gasteiger partial charge in [-0.25, -0.2) is 0 Å². The predicted octanol–water partition coefficient (Wildman–Crippen LogP) is -0.0752. The first kappa shape index (κ1) is 25.5. The molecule has 0 fully saturated rings. The Morgan fingerprint density at radius 3 is 1.28 bits per heavy atom. The molecule has 0 spiro atoms. The van der Waals surface area contributed by atoms with Gasteiger partial charge in [0.25, 0.3) is 11.8 Å². The van der Waals surface area contributed by atoms with Gasteiger partial charge in [-0.2, -0.15) is 0 Å². The molecule has 2 amide bonds. The maximum Gasteiger partial charge on any atom is 0.251 e. The fourth-order valence-corrected chi connectivity index (χ4v) is 3.38. The van der Waals surface area contributed by atoms with Crippen LogP contribution in [0.2, 0.25) is 0 Å². The fourth-order valence-electron chi connectivity index (χ4n) is 3.38. The molecule has 0 bridgehead atoms. The van der Waals surface area contributed by atoms with Crippen LogP contribution in [-0.4, -0.2) is 68.7 Å². The van der Waals surface area contributed by atoms with Crippen molar-refractivity contribution in [3.8, 4) is 0 Å². The third-order valence-corrected chi connectivity index (χ3v) is 5.08. The van der Waals surface area contributed by atoms with Crippen LogP contribution >= 0.6 is 0 Å². The summed E-state index contributed by atoms with van der Waals surface area (Å²) in [5, 5.41) is 45.6. The quantitative estimate of drug-likeness (QED) is 0.287. The zero-order chi connectivity index (χ0) is 23.7. The Bertz CT molecular complexity index is 777. The second-order valence-corrected chi connectivity index (χ2v) is 8.07. The van der Waals surface area contributed by atoms with Gasteiger partial charge in [-0.3, -0.25) is 9.59 Å². The summed E-state index contributed by atoms with van der Waals surface area (Å²) in [5.74, 6) is -1.82. The Morgan fingerprint density at radius 2 is 0.969 bits per heavy atom. The van der Waals surface area contributed by atoms with Crippen LogP contribution in [0.1, 0.15) is 25.0 Å². The summed E-state index contributed by atoms with van der Waals surface area (Å²) >= 11 is 0. The number of aliphatic hydroxyl groups is 4. The minimum absolute atomic E-state index is 0.351. The van der Waals surface area contributed by atoms with E-state index < -0.39 is 36.2 Å². The number of hydrogen-bond acceptors (Lipinski definition) is 6. The van der Waals surface area contributed by atoms with Crippen LogP contribution in [0.15, 0.2) is 60.7 Å². The van der Waals surface area contributed by atoms with Crippen LogP contribution < -0.4 is 10.6 Å². The number of hydrogen-bond donors (Lipinski definition) is 6. The summed E-state index contributed by atoms with van der Waals surface area (Å²) in [5.41, 5.74) is 1.96. The molecule has 0 saturated carbocycles. The normalized spacial score (nSPS) is 16.8. The molecule has 0 aliphatic carbocycles. The fraction of sp³-hybridized carbons (Fsp3) is 0.417. The first-order valence-electron chi connectivity index (χ1n) is 10.6. The van der Waals surface area contributed by atoms with Gasteiger partial charge in [0.2, 0.25) is 0 Å². The maximum absolute atomic E-state index is 12.2. The average Bonchev–Trinajstić information content (AvgIpc) is 2.78. The van der Waals surface area contributed by atoms with E-state index in [0.29, 0.717) is 12.8 Å². The molecular formula is C24H32N2O6. The van der Waals surface area contributed by atoms with Gasteiger partial charge in [0, 0.05) is 12.1 Å². The summed E-state index contributed by atoms with van der Waals surface area (Å²) in [4.78, 5) is 24.5.